The van der Waals surface area contributed by atoms with E-state index in [0.29, 0.717) is 28.9 Å². The normalized spacial score (nSPS) is 10.2. The molecule has 30 heavy (non-hydrogen) atoms. The summed E-state index contributed by atoms with van der Waals surface area (Å²) >= 11 is 0. The standard InChI is InChI=1S/C24H22N2O4/c1-3-26(19-9-5-4-6-10-19)23(28)20-11-7-8-12-21(20)25-22(27)17-13-15-18(16-14-17)24(29)30-2/h4-16H,3H2,1-2H3,(H,25,27). The van der Waals surface area contributed by atoms with Gasteiger partial charge in [-0.15, -0.1) is 0 Å². The number of para-hydroxylation sites is 2. The highest BCUT2D eigenvalue weighted by molar-refractivity contribution is 6.13. The summed E-state index contributed by atoms with van der Waals surface area (Å²) in [6.07, 6.45) is 0. The van der Waals surface area contributed by atoms with Crippen LogP contribution in [0.5, 0.6) is 0 Å². The van der Waals surface area contributed by atoms with Gasteiger partial charge < -0.3 is 15.0 Å². The molecule has 0 aliphatic heterocycles. The second-order valence-corrected chi connectivity index (χ2v) is 6.45. The van der Waals surface area contributed by atoms with Crippen molar-refractivity contribution in [2.45, 2.75) is 6.92 Å². The number of esters is 1. The molecule has 6 nitrogen and oxygen atoms in total. The van der Waals surface area contributed by atoms with E-state index < -0.39 is 5.97 Å². The summed E-state index contributed by atoms with van der Waals surface area (Å²) in [5, 5.41) is 2.80. The van der Waals surface area contributed by atoms with E-state index in [9.17, 15) is 14.4 Å². The number of amides is 2. The SMILES string of the molecule is CCN(C(=O)c1ccccc1NC(=O)c1ccc(C(=O)OC)cc1)c1ccccc1. The van der Waals surface area contributed by atoms with Crippen LogP contribution in [0.2, 0.25) is 0 Å². The van der Waals surface area contributed by atoms with Gasteiger partial charge in [0.2, 0.25) is 0 Å². The largest absolute Gasteiger partial charge is 0.465 e. The van der Waals surface area contributed by atoms with Crippen molar-refractivity contribution in [1.29, 1.82) is 0 Å². The number of hydrogen-bond donors (Lipinski definition) is 1. The Kier molecular flexibility index (Phi) is 6.60. The van der Waals surface area contributed by atoms with Gasteiger partial charge in [0.05, 0.1) is 23.9 Å². The number of ether oxygens (including phenoxy) is 1. The Labute approximate surface area is 175 Å². The van der Waals surface area contributed by atoms with Crippen molar-refractivity contribution in [2.75, 3.05) is 23.9 Å². The number of nitrogens with one attached hydrogen (secondary N) is 1. The van der Waals surface area contributed by atoms with Crippen LogP contribution in [-0.4, -0.2) is 31.4 Å². The molecule has 0 aliphatic carbocycles. The first-order chi connectivity index (χ1) is 14.5. The Bertz CT molecular complexity index is 1050. The predicted octanol–water partition coefficient (Wildman–Crippen LogP) is 4.39. The molecule has 3 rings (SSSR count). The van der Waals surface area contributed by atoms with Crippen molar-refractivity contribution in [1.82, 2.24) is 0 Å². The lowest BCUT2D eigenvalue weighted by Crippen LogP contribution is -2.31. The van der Waals surface area contributed by atoms with Crippen LogP contribution in [0.4, 0.5) is 11.4 Å². The van der Waals surface area contributed by atoms with Gasteiger partial charge in [0, 0.05) is 17.8 Å². The van der Waals surface area contributed by atoms with Crippen LogP contribution in [0.25, 0.3) is 0 Å². The van der Waals surface area contributed by atoms with E-state index in [-0.39, 0.29) is 11.8 Å². The molecule has 3 aromatic carbocycles. The van der Waals surface area contributed by atoms with Crippen molar-refractivity contribution >= 4 is 29.2 Å². The van der Waals surface area contributed by atoms with Gasteiger partial charge in [0.25, 0.3) is 11.8 Å². The Morgan fingerprint density at radius 1 is 0.833 bits per heavy atom. The van der Waals surface area contributed by atoms with Crippen LogP contribution in [0.1, 0.15) is 38.0 Å². The summed E-state index contributed by atoms with van der Waals surface area (Å²) in [6, 6.07) is 22.4. The number of hydrogen-bond acceptors (Lipinski definition) is 4. The number of carbonyl (C=O) groups is 3. The molecule has 0 unspecified atom stereocenters. The van der Waals surface area contributed by atoms with Crippen LogP contribution < -0.4 is 10.2 Å². The van der Waals surface area contributed by atoms with Gasteiger partial charge in [-0.2, -0.15) is 0 Å². The Hall–Kier alpha value is -3.93. The van der Waals surface area contributed by atoms with Crippen molar-refractivity contribution < 1.29 is 19.1 Å². The minimum absolute atomic E-state index is 0.208. The maximum atomic E-state index is 13.2. The number of rotatable bonds is 6. The maximum absolute atomic E-state index is 13.2. The van der Waals surface area contributed by atoms with E-state index in [2.05, 4.69) is 10.1 Å². The molecule has 0 aromatic heterocycles. The van der Waals surface area contributed by atoms with E-state index in [0.717, 1.165) is 5.69 Å². The highest BCUT2D eigenvalue weighted by Crippen LogP contribution is 2.22. The third kappa shape index (κ3) is 4.55. The first kappa shape index (κ1) is 20.8. The highest BCUT2D eigenvalue weighted by atomic mass is 16.5. The third-order valence-corrected chi connectivity index (χ3v) is 4.60. The maximum Gasteiger partial charge on any atom is 0.337 e. The van der Waals surface area contributed by atoms with Crippen LogP contribution in [0.3, 0.4) is 0 Å². The van der Waals surface area contributed by atoms with Crippen LogP contribution in [0, 0.1) is 0 Å². The van der Waals surface area contributed by atoms with Gasteiger partial charge in [-0.25, -0.2) is 4.79 Å². The molecule has 0 bridgehead atoms. The first-order valence-corrected chi connectivity index (χ1v) is 9.50. The van der Waals surface area contributed by atoms with E-state index >= 15 is 0 Å². The Morgan fingerprint density at radius 2 is 1.43 bits per heavy atom. The fraction of sp³-hybridized carbons (Fsp3) is 0.125. The second-order valence-electron chi connectivity index (χ2n) is 6.45. The lowest BCUT2D eigenvalue weighted by atomic mass is 10.1. The van der Waals surface area contributed by atoms with Crippen LogP contribution in [-0.2, 0) is 4.74 Å². The molecule has 6 heteroatoms. The topological polar surface area (TPSA) is 75.7 Å². The van der Waals surface area contributed by atoms with E-state index in [4.69, 9.17) is 0 Å². The second kappa shape index (κ2) is 9.52. The van der Waals surface area contributed by atoms with E-state index in [1.807, 2.05) is 37.3 Å². The summed E-state index contributed by atoms with van der Waals surface area (Å²) in [4.78, 5) is 39.1. The van der Waals surface area contributed by atoms with Gasteiger partial charge in [-0.3, -0.25) is 9.59 Å². The van der Waals surface area contributed by atoms with Crippen molar-refractivity contribution in [3.63, 3.8) is 0 Å². The average molecular weight is 402 g/mol. The van der Waals surface area contributed by atoms with Gasteiger partial charge in [-0.05, 0) is 55.5 Å². The Balaban J connectivity index is 1.83. The molecular formula is C24H22N2O4. The molecule has 0 spiro atoms. The third-order valence-electron chi connectivity index (χ3n) is 4.60. The molecule has 152 valence electrons. The lowest BCUT2D eigenvalue weighted by Gasteiger charge is -2.22. The van der Waals surface area contributed by atoms with Gasteiger partial charge >= 0.3 is 5.97 Å². The van der Waals surface area contributed by atoms with Crippen LogP contribution >= 0.6 is 0 Å². The number of carbonyl (C=O) groups excluding carboxylic acids is 3. The van der Waals surface area contributed by atoms with E-state index in [1.54, 1.807) is 29.2 Å². The summed E-state index contributed by atoms with van der Waals surface area (Å²) in [5.41, 5.74) is 2.30. The highest BCUT2D eigenvalue weighted by Gasteiger charge is 2.20. The lowest BCUT2D eigenvalue weighted by molar-refractivity contribution is 0.0600. The molecule has 0 atom stereocenters. The van der Waals surface area contributed by atoms with Crippen molar-refractivity contribution in [3.05, 3.63) is 95.6 Å². The quantitative estimate of drug-likeness (QED) is 0.621. The van der Waals surface area contributed by atoms with Gasteiger partial charge in [0.15, 0.2) is 0 Å². The fourth-order valence-electron chi connectivity index (χ4n) is 3.05. The number of methoxy groups -OCH3 is 1. The molecule has 0 saturated heterocycles. The zero-order valence-corrected chi connectivity index (χ0v) is 16.8. The number of nitrogens with zero attached hydrogens (tertiary/aromatic N) is 1. The van der Waals surface area contributed by atoms with Crippen molar-refractivity contribution in [2.24, 2.45) is 0 Å². The molecule has 0 aliphatic rings. The first-order valence-electron chi connectivity index (χ1n) is 9.50. The zero-order chi connectivity index (χ0) is 21.5. The molecule has 2 amide bonds. The zero-order valence-electron chi connectivity index (χ0n) is 16.8. The average Bonchev–Trinajstić information content (AvgIpc) is 2.80. The summed E-state index contributed by atoms with van der Waals surface area (Å²) in [5.74, 6) is -1.06. The minimum Gasteiger partial charge on any atom is -0.465 e. The molecule has 0 radical (unpaired) electrons. The monoisotopic (exact) mass is 402 g/mol. The molecule has 1 N–H and O–H groups in total. The molecule has 0 saturated carbocycles. The Morgan fingerprint density at radius 3 is 2.07 bits per heavy atom. The van der Waals surface area contributed by atoms with Gasteiger partial charge in [0.1, 0.15) is 0 Å². The summed E-state index contributed by atoms with van der Waals surface area (Å²) < 4.78 is 4.66. The number of benzene rings is 3. The predicted molar refractivity (Wildman–Crippen MR) is 116 cm³/mol. The van der Waals surface area contributed by atoms with Gasteiger partial charge in [-0.1, -0.05) is 30.3 Å². The molecule has 0 fully saturated rings. The van der Waals surface area contributed by atoms with Crippen LogP contribution in [0.15, 0.2) is 78.9 Å². The fourth-order valence-corrected chi connectivity index (χ4v) is 3.05. The number of anilines is 2. The summed E-state index contributed by atoms with van der Waals surface area (Å²) in [7, 11) is 1.30. The van der Waals surface area contributed by atoms with Crippen molar-refractivity contribution in [3.8, 4) is 0 Å². The summed E-state index contributed by atoms with van der Waals surface area (Å²) in [6.45, 7) is 2.38. The molecule has 3 aromatic rings. The van der Waals surface area contributed by atoms with E-state index in [1.165, 1.54) is 31.4 Å². The molecular weight excluding hydrogens is 380 g/mol. The molecule has 0 heterocycles. The smallest absolute Gasteiger partial charge is 0.337 e. The minimum atomic E-state index is -0.474.